The Morgan fingerprint density at radius 3 is 2.80 bits per heavy atom. The van der Waals surface area contributed by atoms with Gasteiger partial charge in [0.1, 0.15) is 5.82 Å². The first-order chi connectivity index (χ1) is 7.18. The fourth-order valence-electron chi connectivity index (χ4n) is 1.20. The molecule has 1 heterocycles. The van der Waals surface area contributed by atoms with Crippen LogP contribution in [0.4, 0.5) is 0 Å². The van der Waals surface area contributed by atoms with Crippen molar-refractivity contribution in [3.05, 3.63) is 18.2 Å². The van der Waals surface area contributed by atoms with Crippen LogP contribution in [-0.4, -0.2) is 29.2 Å². The highest BCUT2D eigenvalue weighted by atomic mass is 16.5. The lowest BCUT2D eigenvalue weighted by Gasteiger charge is -2.14. The second-order valence-electron chi connectivity index (χ2n) is 4.25. The Balaban J connectivity index is 2.06. The monoisotopic (exact) mass is 211 g/mol. The largest absolute Gasteiger partial charge is 0.380 e. The topological polar surface area (TPSA) is 49.9 Å². The molecule has 4 nitrogen and oxygen atoms in total. The third-order valence-corrected chi connectivity index (χ3v) is 1.99. The number of rotatable bonds is 7. The molecule has 15 heavy (non-hydrogen) atoms. The van der Waals surface area contributed by atoms with Crippen molar-refractivity contribution in [3.8, 4) is 0 Å². The molecular formula is C11H21N3O. The molecule has 0 aliphatic carbocycles. The van der Waals surface area contributed by atoms with E-state index < -0.39 is 0 Å². The molecular weight excluding hydrogens is 190 g/mol. The molecule has 2 N–H and O–H groups in total. The average molecular weight is 211 g/mol. The van der Waals surface area contributed by atoms with Crippen molar-refractivity contribution in [3.63, 3.8) is 0 Å². The summed E-state index contributed by atoms with van der Waals surface area (Å²) in [6, 6.07) is 0.355. The molecule has 1 rings (SSSR count). The second-order valence-corrected chi connectivity index (χ2v) is 4.25. The highest BCUT2D eigenvalue weighted by molar-refractivity contribution is 4.86. The van der Waals surface area contributed by atoms with Gasteiger partial charge in [0.25, 0.3) is 0 Å². The number of aromatic amines is 1. The van der Waals surface area contributed by atoms with Gasteiger partial charge in [-0.3, -0.25) is 0 Å². The molecule has 1 unspecified atom stereocenters. The normalized spacial score (nSPS) is 13.3. The first-order valence-electron chi connectivity index (χ1n) is 5.48. The van der Waals surface area contributed by atoms with E-state index in [1.165, 1.54) is 0 Å². The molecule has 0 saturated heterocycles. The predicted octanol–water partition coefficient (Wildman–Crippen LogP) is 1.56. The maximum atomic E-state index is 5.53. The summed E-state index contributed by atoms with van der Waals surface area (Å²) in [4.78, 5) is 7.19. The SMILES string of the molecule is CC(C)COCC(C)NCc1ncc[nH]1. The lowest BCUT2D eigenvalue weighted by atomic mass is 10.2. The molecule has 0 amide bonds. The molecule has 0 saturated carbocycles. The van der Waals surface area contributed by atoms with E-state index in [-0.39, 0.29) is 0 Å². The van der Waals surface area contributed by atoms with E-state index in [1.807, 2.05) is 6.20 Å². The van der Waals surface area contributed by atoms with Crippen LogP contribution in [0.15, 0.2) is 12.4 Å². The van der Waals surface area contributed by atoms with Crippen molar-refractivity contribution in [1.82, 2.24) is 15.3 Å². The molecule has 0 radical (unpaired) electrons. The molecule has 0 aliphatic heterocycles. The van der Waals surface area contributed by atoms with Gasteiger partial charge < -0.3 is 15.0 Å². The zero-order valence-corrected chi connectivity index (χ0v) is 9.79. The summed E-state index contributed by atoms with van der Waals surface area (Å²) in [5.74, 6) is 1.56. The quantitative estimate of drug-likeness (QED) is 0.719. The van der Waals surface area contributed by atoms with Crippen molar-refractivity contribution in [2.45, 2.75) is 33.4 Å². The summed E-state index contributed by atoms with van der Waals surface area (Å²) in [7, 11) is 0. The van der Waals surface area contributed by atoms with Crippen LogP contribution in [0.25, 0.3) is 0 Å². The zero-order valence-electron chi connectivity index (χ0n) is 9.79. The molecule has 0 fully saturated rings. The molecule has 0 spiro atoms. The van der Waals surface area contributed by atoms with Crippen LogP contribution < -0.4 is 5.32 Å². The first kappa shape index (κ1) is 12.2. The van der Waals surface area contributed by atoms with Gasteiger partial charge in [0.05, 0.1) is 13.2 Å². The molecule has 86 valence electrons. The summed E-state index contributed by atoms with van der Waals surface area (Å²) < 4.78 is 5.53. The predicted molar refractivity (Wildman–Crippen MR) is 60.5 cm³/mol. The van der Waals surface area contributed by atoms with Crippen LogP contribution in [0.3, 0.4) is 0 Å². The van der Waals surface area contributed by atoms with E-state index in [0.29, 0.717) is 12.0 Å². The van der Waals surface area contributed by atoms with E-state index in [4.69, 9.17) is 4.74 Å². The lowest BCUT2D eigenvalue weighted by Crippen LogP contribution is -2.31. The van der Waals surface area contributed by atoms with E-state index in [2.05, 4.69) is 36.1 Å². The standard InChI is InChI=1S/C11H21N3O/c1-9(2)7-15-8-10(3)14-6-11-12-4-5-13-11/h4-5,9-10,14H,6-8H2,1-3H3,(H,12,13). The Morgan fingerprint density at radius 1 is 1.40 bits per heavy atom. The zero-order chi connectivity index (χ0) is 11.1. The van der Waals surface area contributed by atoms with Gasteiger partial charge >= 0.3 is 0 Å². The smallest absolute Gasteiger partial charge is 0.120 e. The number of hydrogen-bond acceptors (Lipinski definition) is 3. The number of hydrogen-bond donors (Lipinski definition) is 2. The van der Waals surface area contributed by atoms with Crippen molar-refractivity contribution in [1.29, 1.82) is 0 Å². The van der Waals surface area contributed by atoms with Crippen LogP contribution in [0.5, 0.6) is 0 Å². The second kappa shape index (κ2) is 6.58. The number of nitrogens with zero attached hydrogens (tertiary/aromatic N) is 1. The van der Waals surface area contributed by atoms with Gasteiger partial charge in [-0.25, -0.2) is 4.98 Å². The lowest BCUT2D eigenvalue weighted by molar-refractivity contribution is 0.0934. The number of ether oxygens (including phenoxy) is 1. The van der Waals surface area contributed by atoms with Crippen molar-refractivity contribution < 1.29 is 4.74 Å². The van der Waals surface area contributed by atoms with Gasteiger partial charge in [-0.2, -0.15) is 0 Å². The van der Waals surface area contributed by atoms with Crippen LogP contribution >= 0.6 is 0 Å². The van der Waals surface area contributed by atoms with Crippen molar-refractivity contribution >= 4 is 0 Å². The van der Waals surface area contributed by atoms with E-state index in [9.17, 15) is 0 Å². The minimum atomic E-state index is 0.355. The fraction of sp³-hybridized carbons (Fsp3) is 0.727. The molecule has 1 aromatic rings. The van der Waals surface area contributed by atoms with Crippen molar-refractivity contribution in [2.75, 3.05) is 13.2 Å². The number of nitrogens with one attached hydrogen (secondary N) is 2. The van der Waals surface area contributed by atoms with Gasteiger partial charge in [0, 0.05) is 25.0 Å². The summed E-state index contributed by atoms with van der Waals surface area (Å²) in [6.07, 6.45) is 3.59. The Morgan fingerprint density at radius 2 is 2.20 bits per heavy atom. The van der Waals surface area contributed by atoms with Gasteiger partial charge in [-0.05, 0) is 12.8 Å². The third-order valence-electron chi connectivity index (χ3n) is 1.99. The molecule has 4 heteroatoms. The number of H-pyrrole nitrogens is 1. The van der Waals surface area contributed by atoms with Crippen LogP contribution in [0.1, 0.15) is 26.6 Å². The van der Waals surface area contributed by atoms with E-state index in [1.54, 1.807) is 6.20 Å². The Bertz CT molecular complexity index is 246. The van der Waals surface area contributed by atoms with Gasteiger partial charge in [0.15, 0.2) is 0 Å². The highest BCUT2D eigenvalue weighted by Gasteiger charge is 2.03. The minimum absolute atomic E-state index is 0.355. The van der Waals surface area contributed by atoms with Gasteiger partial charge in [-0.1, -0.05) is 13.8 Å². The third kappa shape index (κ3) is 5.54. The number of imidazole rings is 1. The Labute approximate surface area is 91.4 Å². The first-order valence-corrected chi connectivity index (χ1v) is 5.48. The van der Waals surface area contributed by atoms with E-state index >= 15 is 0 Å². The minimum Gasteiger partial charge on any atom is -0.380 e. The highest BCUT2D eigenvalue weighted by Crippen LogP contribution is 1.95. The summed E-state index contributed by atoms with van der Waals surface area (Å²) >= 11 is 0. The van der Waals surface area contributed by atoms with Gasteiger partial charge in [0.2, 0.25) is 0 Å². The molecule has 1 aromatic heterocycles. The van der Waals surface area contributed by atoms with Gasteiger partial charge in [-0.15, -0.1) is 0 Å². The van der Waals surface area contributed by atoms with Crippen LogP contribution in [-0.2, 0) is 11.3 Å². The van der Waals surface area contributed by atoms with E-state index in [0.717, 1.165) is 25.6 Å². The maximum absolute atomic E-state index is 5.53. The summed E-state index contributed by atoms with van der Waals surface area (Å²) in [6.45, 7) is 8.76. The Hall–Kier alpha value is -0.870. The number of aromatic nitrogens is 2. The molecule has 0 aliphatic rings. The summed E-state index contributed by atoms with van der Waals surface area (Å²) in [5, 5.41) is 3.34. The fourth-order valence-corrected chi connectivity index (χ4v) is 1.20. The average Bonchev–Trinajstić information content (AvgIpc) is 2.66. The van der Waals surface area contributed by atoms with Crippen LogP contribution in [0.2, 0.25) is 0 Å². The molecule has 0 aromatic carbocycles. The van der Waals surface area contributed by atoms with Crippen LogP contribution in [0, 0.1) is 5.92 Å². The summed E-state index contributed by atoms with van der Waals surface area (Å²) in [5.41, 5.74) is 0. The van der Waals surface area contributed by atoms with Crippen molar-refractivity contribution in [2.24, 2.45) is 5.92 Å². The molecule has 1 atom stereocenters. The Kier molecular flexibility index (Phi) is 5.36. The molecule has 0 bridgehead atoms. The maximum Gasteiger partial charge on any atom is 0.120 e.